The van der Waals surface area contributed by atoms with E-state index in [0.717, 1.165) is 51.5 Å². The zero-order valence-electron chi connectivity index (χ0n) is 19.5. The summed E-state index contributed by atoms with van der Waals surface area (Å²) < 4.78 is 18.6. The van der Waals surface area contributed by atoms with E-state index in [4.69, 9.17) is 4.28 Å². The third-order valence-corrected chi connectivity index (χ3v) is 6.22. The Morgan fingerprint density at radius 2 is 1.67 bits per heavy atom. The molecule has 1 aliphatic heterocycles. The standard InChI is InChI=1S/C23H45N3O3S/c1-4-5-6-16-19-23(27)26(21(2)3)20-17-14-12-10-8-7-9-11-13-15-18-22-24-29-30(28)25-22/h8,10,21-22,24-25H,4-7,9,11-20H2,1-3H3/b10-8-. The third-order valence-electron chi connectivity index (χ3n) is 5.49. The molecule has 6 nitrogen and oxygen atoms in total. The van der Waals surface area contributed by atoms with E-state index >= 15 is 0 Å². The van der Waals surface area contributed by atoms with Crippen molar-refractivity contribution in [1.29, 1.82) is 0 Å². The van der Waals surface area contributed by atoms with Crippen LogP contribution in [0, 0.1) is 0 Å². The molecule has 1 rings (SSSR count). The van der Waals surface area contributed by atoms with Gasteiger partial charge in [0, 0.05) is 19.0 Å². The largest absolute Gasteiger partial charge is 0.340 e. The van der Waals surface area contributed by atoms with Crippen LogP contribution in [-0.4, -0.2) is 33.8 Å². The van der Waals surface area contributed by atoms with Crippen LogP contribution in [-0.2, 0) is 20.3 Å². The molecule has 0 aliphatic carbocycles. The Kier molecular flexibility index (Phi) is 16.2. The van der Waals surface area contributed by atoms with Crippen molar-refractivity contribution in [1.82, 2.24) is 15.1 Å². The zero-order valence-corrected chi connectivity index (χ0v) is 20.3. The molecule has 0 aromatic carbocycles. The van der Waals surface area contributed by atoms with E-state index in [1.165, 1.54) is 38.5 Å². The lowest BCUT2D eigenvalue weighted by Crippen LogP contribution is -2.37. The Balaban J connectivity index is 1.97. The van der Waals surface area contributed by atoms with Gasteiger partial charge in [-0.25, -0.2) is 4.21 Å². The van der Waals surface area contributed by atoms with Crippen LogP contribution in [0.2, 0.25) is 0 Å². The van der Waals surface area contributed by atoms with Gasteiger partial charge in [0.2, 0.25) is 5.91 Å². The average molecular weight is 444 g/mol. The van der Waals surface area contributed by atoms with Gasteiger partial charge in [-0.15, -0.1) is 0 Å². The first-order valence-corrected chi connectivity index (χ1v) is 13.2. The first-order chi connectivity index (χ1) is 14.5. The van der Waals surface area contributed by atoms with Crippen molar-refractivity contribution in [3.8, 4) is 0 Å². The number of rotatable bonds is 18. The van der Waals surface area contributed by atoms with Crippen LogP contribution in [0.4, 0.5) is 0 Å². The van der Waals surface area contributed by atoms with Gasteiger partial charge in [0.05, 0.1) is 6.17 Å². The molecule has 7 heteroatoms. The molecule has 1 fully saturated rings. The van der Waals surface area contributed by atoms with Crippen LogP contribution in [0.25, 0.3) is 0 Å². The van der Waals surface area contributed by atoms with Gasteiger partial charge in [0.1, 0.15) is 0 Å². The van der Waals surface area contributed by atoms with Crippen molar-refractivity contribution >= 4 is 17.2 Å². The lowest BCUT2D eigenvalue weighted by atomic mass is 10.1. The zero-order chi connectivity index (χ0) is 22.0. The molecule has 1 aliphatic rings. The third kappa shape index (κ3) is 13.5. The summed E-state index contributed by atoms with van der Waals surface area (Å²) >= 11 is -1.37. The van der Waals surface area contributed by atoms with Crippen molar-refractivity contribution < 1.29 is 13.3 Å². The second-order valence-electron chi connectivity index (χ2n) is 8.56. The summed E-state index contributed by atoms with van der Waals surface area (Å²) in [5.41, 5.74) is 2.73. The lowest BCUT2D eigenvalue weighted by molar-refractivity contribution is -0.133. The Bertz CT molecular complexity index is 500. The van der Waals surface area contributed by atoms with Crippen molar-refractivity contribution in [2.45, 2.75) is 123 Å². The molecular formula is C23H45N3O3S. The maximum absolute atomic E-state index is 12.4. The summed E-state index contributed by atoms with van der Waals surface area (Å²) in [7, 11) is 0. The van der Waals surface area contributed by atoms with Crippen LogP contribution in [0.1, 0.15) is 111 Å². The van der Waals surface area contributed by atoms with Gasteiger partial charge < -0.3 is 4.90 Å². The van der Waals surface area contributed by atoms with Crippen molar-refractivity contribution in [3.63, 3.8) is 0 Å². The number of hydrogen-bond donors (Lipinski definition) is 2. The number of amides is 1. The summed E-state index contributed by atoms with van der Waals surface area (Å²) in [6.07, 6.45) is 20.1. The maximum Gasteiger partial charge on any atom is 0.253 e. The van der Waals surface area contributed by atoms with E-state index in [1.807, 2.05) is 0 Å². The molecule has 1 heterocycles. The Labute approximate surface area is 187 Å². The fourth-order valence-electron chi connectivity index (χ4n) is 3.65. The molecule has 0 saturated carbocycles. The number of carbonyl (C=O) groups excluding carboxylic acids is 1. The summed E-state index contributed by atoms with van der Waals surface area (Å²) in [5.74, 6) is 0.330. The van der Waals surface area contributed by atoms with E-state index in [-0.39, 0.29) is 6.17 Å². The van der Waals surface area contributed by atoms with Crippen LogP contribution in [0.3, 0.4) is 0 Å². The van der Waals surface area contributed by atoms with Crippen molar-refractivity contribution in [2.75, 3.05) is 6.54 Å². The maximum atomic E-state index is 12.4. The van der Waals surface area contributed by atoms with Gasteiger partial charge in [-0.3, -0.25) is 4.79 Å². The smallest absolute Gasteiger partial charge is 0.253 e. The molecule has 0 bridgehead atoms. The molecule has 30 heavy (non-hydrogen) atoms. The normalized spacial score (nSPS) is 19.2. The summed E-state index contributed by atoms with van der Waals surface area (Å²) in [6.45, 7) is 7.34. The molecule has 0 aromatic rings. The molecule has 176 valence electrons. The predicted molar refractivity (Wildman–Crippen MR) is 126 cm³/mol. The van der Waals surface area contributed by atoms with Gasteiger partial charge in [-0.1, -0.05) is 57.6 Å². The van der Waals surface area contributed by atoms with Gasteiger partial charge in [0.15, 0.2) is 0 Å². The molecular weight excluding hydrogens is 398 g/mol. The Morgan fingerprint density at radius 3 is 2.30 bits per heavy atom. The van der Waals surface area contributed by atoms with Crippen molar-refractivity contribution in [2.24, 2.45) is 0 Å². The minimum Gasteiger partial charge on any atom is -0.340 e. The molecule has 2 N–H and O–H groups in total. The van der Waals surface area contributed by atoms with Crippen LogP contribution >= 0.6 is 0 Å². The van der Waals surface area contributed by atoms with Gasteiger partial charge >= 0.3 is 0 Å². The SMILES string of the molecule is CCCCCCC(=O)N(CCCC/C=C\CCCCCCC1NOS(=O)N1)C(C)C. The Morgan fingerprint density at radius 1 is 1.00 bits per heavy atom. The van der Waals surface area contributed by atoms with Crippen molar-refractivity contribution in [3.05, 3.63) is 12.2 Å². The minimum absolute atomic E-state index is 0.0219. The second-order valence-corrected chi connectivity index (χ2v) is 9.43. The molecule has 1 amide bonds. The lowest BCUT2D eigenvalue weighted by Gasteiger charge is -2.27. The highest BCUT2D eigenvalue weighted by atomic mass is 32.2. The predicted octanol–water partition coefficient (Wildman–Crippen LogP) is 5.29. The molecule has 2 unspecified atom stereocenters. The molecule has 1 saturated heterocycles. The van der Waals surface area contributed by atoms with E-state index < -0.39 is 11.3 Å². The van der Waals surface area contributed by atoms with Crippen LogP contribution < -0.4 is 10.2 Å². The second kappa shape index (κ2) is 17.9. The molecule has 2 atom stereocenters. The quantitative estimate of drug-likeness (QED) is 0.223. The van der Waals surface area contributed by atoms with Crippen LogP contribution in [0.5, 0.6) is 0 Å². The number of nitrogens with one attached hydrogen (secondary N) is 2. The molecule has 0 spiro atoms. The minimum atomic E-state index is -1.37. The highest BCUT2D eigenvalue weighted by Crippen LogP contribution is 2.11. The average Bonchev–Trinajstić information content (AvgIpc) is 3.13. The van der Waals surface area contributed by atoms with Gasteiger partial charge in [0.25, 0.3) is 11.3 Å². The van der Waals surface area contributed by atoms with E-state index in [9.17, 15) is 9.00 Å². The summed E-state index contributed by atoms with van der Waals surface area (Å²) in [5, 5.41) is 0. The number of carbonyl (C=O) groups is 1. The first-order valence-electron chi connectivity index (χ1n) is 12.1. The van der Waals surface area contributed by atoms with E-state index in [2.05, 4.69) is 48.0 Å². The van der Waals surface area contributed by atoms with Gasteiger partial charge in [-0.05, 0) is 58.8 Å². The highest BCUT2D eigenvalue weighted by Gasteiger charge is 2.19. The number of allylic oxidation sites excluding steroid dienone is 2. The van der Waals surface area contributed by atoms with Crippen LogP contribution in [0.15, 0.2) is 12.2 Å². The number of hydroxylamine groups is 1. The molecule has 0 aromatic heterocycles. The highest BCUT2D eigenvalue weighted by molar-refractivity contribution is 7.78. The number of nitrogens with zero attached hydrogens (tertiary/aromatic N) is 1. The molecule has 0 radical (unpaired) electrons. The summed E-state index contributed by atoms with van der Waals surface area (Å²) in [6, 6.07) is 0.300. The fourth-order valence-corrected chi connectivity index (χ4v) is 4.30. The monoisotopic (exact) mass is 443 g/mol. The Hall–Kier alpha value is -0.760. The summed E-state index contributed by atoms with van der Waals surface area (Å²) in [4.78, 5) is 14.5. The van der Waals surface area contributed by atoms with E-state index in [1.54, 1.807) is 0 Å². The number of hydrogen-bond acceptors (Lipinski definition) is 4. The topological polar surface area (TPSA) is 70.7 Å². The first kappa shape index (κ1) is 27.3. The number of unbranched alkanes of at least 4 members (excludes halogenated alkanes) is 9. The van der Waals surface area contributed by atoms with E-state index in [0.29, 0.717) is 18.4 Å². The fraction of sp³-hybridized carbons (Fsp3) is 0.870. The van der Waals surface area contributed by atoms with Gasteiger partial charge in [-0.2, -0.15) is 14.5 Å².